The Morgan fingerprint density at radius 1 is 0.929 bits per heavy atom. The zero-order valence-corrected chi connectivity index (χ0v) is 17.1. The topological polar surface area (TPSA) is 47.0 Å². The minimum Gasteiger partial charge on any atom is -0.494 e. The first-order valence-corrected chi connectivity index (χ1v) is 10.0. The molecule has 0 amide bonds. The number of benzene rings is 3. The van der Waals surface area contributed by atoms with Crippen LogP contribution in [0.5, 0.6) is 5.75 Å². The van der Waals surface area contributed by atoms with Gasteiger partial charge in [0.05, 0.1) is 12.1 Å². The van der Waals surface area contributed by atoms with Crippen LogP contribution in [0.4, 0.5) is 11.5 Å². The number of nitrogens with zero attached hydrogens (tertiary/aromatic N) is 2. The molecule has 0 aliphatic rings. The van der Waals surface area contributed by atoms with E-state index in [1.165, 1.54) is 0 Å². The van der Waals surface area contributed by atoms with Crippen molar-refractivity contribution < 1.29 is 4.74 Å². The largest absolute Gasteiger partial charge is 0.494 e. The average Bonchev–Trinajstić information content (AvgIpc) is 2.74. The molecule has 0 aliphatic carbocycles. The second-order valence-corrected chi connectivity index (χ2v) is 7.34. The highest BCUT2D eigenvalue weighted by molar-refractivity contribution is 9.10. The number of fused-ring (bicyclic) bond motifs is 1. The molecule has 0 saturated carbocycles. The monoisotopic (exact) mass is 433 g/mol. The Morgan fingerprint density at radius 2 is 1.71 bits per heavy atom. The van der Waals surface area contributed by atoms with Crippen molar-refractivity contribution in [2.45, 2.75) is 13.3 Å². The molecule has 0 aliphatic heterocycles. The number of hydrogen-bond donors (Lipinski definition) is 1. The molecule has 0 fully saturated rings. The molecule has 1 N–H and O–H groups in total. The summed E-state index contributed by atoms with van der Waals surface area (Å²) in [4.78, 5) is 9.55. The van der Waals surface area contributed by atoms with Crippen LogP contribution in [0.3, 0.4) is 0 Å². The van der Waals surface area contributed by atoms with Crippen molar-refractivity contribution in [3.63, 3.8) is 0 Å². The number of hydrogen-bond acceptors (Lipinski definition) is 4. The Labute approximate surface area is 172 Å². The molecule has 1 aromatic heterocycles. The summed E-state index contributed by atoms with van der Waals surface area (Å²) >= 11 is 3.55. The van der Waals surface area contributed by atoms with Gasteiger partial charge in [0.1, 0.15) is 11.6 Å². The molecule has 140 valence electrons. The van der Waals surface area contributed by atoms with Crippen LogP contribution in [0.2, 0.25) is 0 Å². The summed E-state index contributed by atoms with van der Waals surface area (Å²) in [5.41, 5.74) is 2.82. The molecule has 0 saturated heterocycles. The second-order valence-electron chi connectivity index (χ2n) is 6.42. The number of nitrogens with one attached hydrogen (secondary N) is 1. The highest BCUT2D eigenvalue weighted by Gasteiger charge is 2.10. The van der Waals surface area contributed by atoms with Crippen LogP contribution in [0.15, 0.2) is 77.3 Å². The molecule has 0 unspecified atom stereocenters. The van der Waals surface area contributed by atoms with Crippen LogP contribution in [0.25, 0.3) is 22.3 Å². The average molecular weight is 434 g/mol. The lowest BCUT2D eigenvalue weighted by Crippen LogP contribution is -2.00. The molecule has 0 atom stereocenters. The standard InChI is InChI=1S/C23H20BrN3O/c1-2-14-28-19-11-9-18(10-12-19)25-23-20-15-17(24)8-13-21(20)26-22(27-23)16-6-4-3-5-7-16/h3-13,15H,2,14H2,1H3,(H,25,26,27). The molecular weight excluding hydrogens is 414 g/mol. The summed E-state index contributed by atoms with van der Waals surface area (Å²) in [6.45, 7) is 2.82. The van der Waals surface area contributed by atoms with Gasteiger partial charge in [0, 0.05) is 21.1 Å². The first kappa shape index (κ1) is 18.4. The van der Waals surface area contributed by atoms with Gasteiger partial charge in [-0.15, -0.1) is 0 Å². The highest BCUT2D eigenvalue weighted by atomic mass is 79.9. The van der Waals surface area contributed by atoms with Crippen LogP contribution in [-0.4, -0.2) is 16.6 Å². The van der Waals surface area contributed by atoms with Crippen molar-refractivity contribution in [2.75, 3.05) is 11.9 Å². The van der Waals surface area contributed by atoms with Gasteiger partial charge < -0.3 is 10.1 Å². The molecule has 0 spiro atoms. The van der Waals surface area contributed by atoms with E-state index in [1.54, 1.807) is 0 Å². The van der Waals surface area contributed by atoms with Crippen LogP contribution < -0.4 is 10.1 Å². The SMILES string of the molecule is CCCOc1ccc(Nc2nc(-c3ccccc3)nc3ccc(Br)cc23)cc1. The number of halogens is 1. The van der Waals surface area contributed by atoms with Gasteiger partial charge in [-0.1, -0.05) is 53.2 Å². The van der Waals surface area contributed by atoms with Crippen LogP contribution >= 0.6 is 15.9 Å². The molecule has 4 rings (SSSR count). The van der Waals surface area contributed by atoms with E-state index in [0.29, 0.717) is 5.82 Å². The summed E-state index contributed by atoms with van der Waals surface area (Å²) in [6, 6.07) is 24.0. The number of rotatable bonds is 6. The Balaban J connectivity index is 1.73. The maximum Gasteiger partial charge on any atom is 0.162 e. The van der Waals surface area contributed by atoms with E-state index in [4.69, 9.17) is 14.7 Å². The fraction of sp³-hybridized carbons (Fsp3) is 0.130. The minimum absolute atomic E-state index is 0.695. The summed E-state index contributed by atoms with van der Waals surface area (Å²) in [7, 11) is 0. The predicted octanol–water partition coefficient (Wildman–Crippen LogP) is 6.59. The molecule has 5 heteroatoms. The molecule has 1 heterocycles. The maximum absolute atomic E-state index is 5.66. The van der Waals surface area contributed by atoms with Gasteiger partial charge in [0.2, 0.25) is 0 Å². The molecule has 3 aromatic carbocycles. The van der Waals surface area contributed by atoms with E-state index in [2.05, 4.69) is 28.2 Å². The Kier molecular flexibility index (Phi) is 5.53. The van der Waals surface area contributed by atoms with E-state index in [-0.39, 0.29) is 0 Å². The molecule has 28 heavy (non-hydrogen) atoms. The van der Waals surface area contributed by atoms with Crippen LogP contribution in [0, 0.1) is 0 Å². The van der Waals surface area contributed by atoms with Gasteiger partial charge in [-0.3, -0.25) is 0 Å². The van der Waals surface area contributed by atoms with Gasteiger partial charge in [-0.2, -0.15) is 0 Å². The number of anilines is 2. The molecule has 0 radical (unpaired) electrons. The Hall–Kier alpha value is -2.92. The van der Waals surface area contributed by atoms with Crippen molar-refractivity contribution in [3.05, 3.63) is 77.3 Å². The van der Waals surface area contributed by atoms with E-state index < -0.39 is 0 Å². The Morgan fingerprint density at radius 3 is 2.46 bits per heavy atom. The molecular formula is C23H20BrN3O. The fourth-order valence-electron chi connectivity index (χ4n) is 2.90. The normalized spacial score (nSPS) is 10.8. The number of ether oxygens (including phenoxy) is 1. The van der Waals surface area contributed by atoms with Gasteiger partial charge in [-0.25, -0.2) is 9.97 Å². The third-order valence-corrected chi connectivity index (χ3v) is 4.77. The van der Waals surface area contributed by atoms with E-state index in [1.807, 2.05) is 72.8 Å². The van der Waals surface area contributed by atoms with Gasteiger partial charge >= 0.3 is 0 Å². The van der Waals surface area contributed by atoms with Crippen LogP contribution in [0.1, 0.15) is 13.3 Å². The van der Waals surface area contributed by atoms with Crippen LogP contribution in [-0.2, 0) is 0 Å². The smallest absolute Gasteiger partial charge is 0.162 e. The maximum atomic E-state index is 5.66. The fourth-order valence-corrected chi connectivity index (χ4v) is 3.26. The molecule has 4 aromatic rings. The van der Waals surface area contributed by atoms with E-state index >= 15 is 0 Å². The summed E-state index contributed by atoms with van der Waals surface area (Å²) in [6.07, 6.45) is 0.990. The zero-order valence-electron chi connectivity index (χ0n) is 15.5. The lowest BCUT2D eigenvalue weighted by Gasteiger charge is -2.12. The number of aromatic nitrogens is 2. The predicted molar refractivity (Wildman–Crippen MR) is 118 cm³/mol. The lowest BCUT2D eigenvalue weighted by atomic mass is 10.2. The van der Waals surface area contributed by atoms with Crippen molar-refractivity contribution in [1.29, 1.82) is 0 Å². The van der Waals surface area contributed by atoms with Gasteiger partial charge in [0.15, 0.2) is 5.82 Å². The summed E-state index contributed by atoms with van der Waals surface area (Å²) in [5, 5.41) is 4.40. The quantitative estimate of drug-likeness (QED) is 0.372. The highest BCUT2D eigenvalue weighted by Crippen LogP contribution is 2.30. The van der Waals surface area contributed by atoms with Gasteiger partial charge in [0.25, 0.3) is 0 Å². The summed E-state index contributed by atoms with van der Waals surface area (Å²) < 4.78 is 6.65. The summed E-state index contributed by atoms with van der Waals surface area (Å²) in [5.74, 6) is 2.33. The zero-order chi connectivity index (χ0) is 19.3. The Bertz CT molecular complexity index is 1080. The molecule has 4 nitrogen and oxygen atoms in total. The van der Waals surface area contributed by atoms with E-state index in [9.17, 15) is 0 Å². The van der Waals surface area contributed by atoms with Crippen molar-refractivity contribution in [2.24, 2.45) is 0 Å². The van der Waals surface area contributed by atoms with E-state index in [0.717, 1.165) is 51.2 Å². The molecule has 0 bridgehead atoms. The van der Waals surface area contributed by atoms with Gasteiger partial charge in [-0.05, 0) is 48.9 Å². The van der Waals surface area contributed by atoms with Crippen molar-refractivity contribution in [1.82, 2.24) is 9.97 Å². The van der Waals surface area contributed by atoms with Crippen molar-refractivity contribution >= 4 is 38.3 Å². The lowest BCUT2D eigenvalue weighted by molar-refractivity contribution is 0.317. The second kappa shape index (κ2) is 8.40. The van der Waals surface area contributed by atoms with Crippen molar-refractivity contribution in [3.8, 4) is 17.1 Å². The minimum atomic E-state index is 0.695. The third kappa shape index (κ3) is 4.15. The first-order valence-electron chi connectivity index (χ1n) is 9.25. The third-order valence-electron chi connectivity index (χ3n) is 4.28. The first-order chi connectivity index (χ1) is 13.7.